The van der Waals surface area contributed by atoms with Crippen LogP contribution in [0, 0.1) is 5.92 Å². The Morgan fingerprint density at radius 3 is 1.83 bits per heavy atom. The molecule has 0 amide bonds. The van der Waals surface area contributed by atoms with E-state index < -0.39 is 0 Å². The highest BCUT2D eigenvalue weighted by Crippen LogP contribution is 2.19. The lowest BCUT2D eigenvalue weighted by Crippen LogP contribution is -2.38. The fourth-order valence-electron chi connectivity index (χ4n) is 0.776. The van der Waals surface area contributed by atoms with Gasteiger partial charge in [0.25, 0.3) is 0 Å². The normalized spacial score (nSPS) is 21.9. The van der Waals surface area contributed by atoms with Crippen molar-refractivity contribution < 1.29 is 19.1 Å². The van der Waals surface area contributed by atoms with Crippen LogP contribution in [0.3, 0.4) is 0 Å². The van der Waals surface area contributed by atoms with Gasteiger partial charge in [0.05, 0.1) is 13.2 Å². The topological polar surface area (TPSA) is 52.6 Å². The quantitative estimate of drug-likeness (QED) is 0.545. The Balaban J connectivity index is 0.000000354. The maximum Gasteiger partial charge on any atom is 0.373 e. The first-order valence-corrected chi connectivity index (χ1v) is 3.79. The van der Waals surface area contributed by atoms with Crippen molar-refractivity contribution in [1.82, 2.24) is 0 Å². The molecule has 0 aromatic carbocycles. The van der Waals surface area contributed by atoms with Gasteiger partial charge in [-0.15, -0.1) is 0 Å². The number of hydrogen-bond donors (Lipinski definition) is 0. The van der Waals surface area contributed by atoms with Crippen molar-refractivity contribution in [1.29, 1.82) is 0 Å². The van der Waals surface area contributed by atoms with Gasteiger partial charge in [0.1, 0.15) is 0 Å². The summed E-state index contributed by atoms with van der Waals surface area (Å²) in [6, 6.07) is 0. The van der Waals surface area contributed by atoms with E-state index in [0.29, 0.717) is 5.92 Å². The molecule has 0 N–H and O–H groups in total. The highest BCUT2D eigenvalue weighted by Gasteiger charge is 2.25. The van der Waals surface area contributed by atoms with Crippen LogP contribution >= 0.6 is 0 Å². The van der Waals surface area contributed by atoms with Crippen LogP contribution in [-0.4, -0.2) is 25.2 Å². The van der Waals surface area contributed by atoms with E-state index in [1.807, 2.05) is 13.8 Å². The molecule has 1 heterocycles. The lowest BCUT2D eigenvalue weighted by molar-refractivity contribution is -0.259. The third kappa shape index (κ3) is 5.02. The van der Waals surface area contributed by atoms with Gasteiger partial charge in [-0.25, -0.2) is 0 Å². The zero-order chi connectivity index (χ0) is 9.61. The van der Waals surface area contributed by atoms with Gasteiger partial charge in [0.2, 0.25) is 0 Å². The molecule has 4 nitrogen and oxygen atoms in total. The molecule has 0 aromatic rings. The summed E-state index contributed by atoms with van der Waals surface area (Å²) < 4.78 is 10.7. The van der Waals surface area contributed by atoms with Gasteiger partial charge < -0.3 is 9.47 Å². The van der Waals surface area contributed by atoms with Crippen molar-refractivity contribution in [3.05, 3.63) is 0 Å². The van der Waals surface area contributed by atoms with Gasteiger partial charge in [0, 0.05) is 5.92 Å². The molecule has 0 unspecified atom stereocenters. The predicted octanol–water partition coefficient (Wildman–Crippen LogP) is 0.822. The van der Waals surface area contributed by atoms with Crippen molar-refractivity contribution in [3.8, 4) is 0 Å². The van der Waals surface area contributed by atoms with Crippen LogP contribution in [0.25, 0.3) is 0 Å². The van der Waals surface area contributed by atoms with Gasteiger partial charge in [0.15, 0.2) is 5.79 Å². The molecule has 0 radical (unpaired) electrons. The van der Waals surface area contributed by atoms with Crippen LogP contribution in [0.4, 0.5) is 0 Å². The van der Waals surface area contributed by atoms with Gasteiger partial charge in [-0.2, -0.15) is 9.59 Å². The smallest absolute Gasteiger partial charge is 0.350 e. The third-order valence-corrected chi connectivity index (χ3v) is 1.43. The van der Waals surface area contributed by atoms with E-state index in [4.69, 9.17) is 19.1 Å². The minimum atomic E-state index is -0.341. The van der Waals surface area contributed by atoms with E-state index in [0.717, 1.165) is 13.2 Å². The molecule has 0 spiro atoms. The number of ether oxygens (including phenoxy) is 2. The summed E-state index contributed by atoms with van der Waals surface area (Å²) >= 11 is 0. The van der Waals surface area contributed by atoms with E-state index in [2.05, 4.69) is 6.92 Å². The first kappa shape index (κ1) is 11.3. The summed E-state index contributed by atoms with van der Waals surface area (Å²) in [6.07, 6.45) is 0.250. The maximum atomic E-state index is 8.12. The van der Waals surface area contributed by atoms with Gasteiger partial charge in [-0.05, 0) is 13.8 Å². The average molecular weight is 174 g/mol. The molecule has 0 saturated carbocycles. The van der Waals surface area contributed by atoms with Crippen molar-refractivity contribution in [2.75, 3.05) is 13.2 Å². The molecule has 0 atom stereocenters. The first-order valence-electron chi connectivity index (χ1n) is 3.79. The van der Waals surface area contributed by atoms with Crippen LogP contribution in [0.15, 0.2) is 0 Å². The van der Waals surface area contributed by atoms with Crippen LogP contribution in [0.2, 0.25) is 0 Å². The molecule has 0 aromatic heterocycles. The van der Waals surface area contributed by atoms with Crippen molar-refractivity contribution in [3.63, 3.8) is 0 Å². The Kier molecular flexibility index (Phi) is 4.74. The first-order chi connectivity index (χ1) is 5.52. The number of rotatable bonds is 0. The highest BCUT2D eigenvalue weighted by molar-refractivity contribution is 5.20. The predicted molar refractivity (Wildman–Crippen MR) is 40.2 cm³/mol. The number of hydrogen-bond acceptors (Lipinski definition) is 4. The second kappa shape index (κ2) is 5.04. The molecule has 1 aliphatic heterocycles. The molecule has 4 heteroatoms. The second-order valence-corrected chi connectivity index (χ2v) is 3.21. The molecule has 1 aliphatic rings. The Labute approximate surface area is 71.8 Å². The SMILES string of the molecule is CC1COC(C)(C)OC1.O=C=O. The molecule has 0 bridgehead atoms. The molecule has 1 rings (SSSR count). The van der Waals surface area contributed by atoms with Crippen molar-refractivity contribution >= 4 is 6.15 Å². The Bertz CT molecular complexity index is 148. The number of carbonyl (C=O) groups excluding carboxylic acids is 2. The van der Waals surface area contributed by atoms with E-state index in [1.54, 1.807) is 0 Å². The second-order valence-electron chi connectivity index (χ2n) is 3.21. The zero-order valence-electron chi connectivity index (χ0n) is 7.62. The fraction of sp³-hybridized carbons (Fsp3) is 0.875. The van der Waals surface area contributed by atoms with Crippen LogP contribution < -0.4 is 0 Å². The molecular weight excluding hydrogens is 160 g/mol. The van der Waals surface area contributed by atoms with Gasteiger partial charge in [-0.1, -0.05) is 6.92 Å². The van der Waals surface area contributed by atoms with Gasteiger partial charge >= 0.3 is 6.15 Å². The largest absolute Gasteiger partial charge is 0.373 e. The summed E-state index contributed by atoms with van der Waals surface area (Å²) in [4.78, 5) is 16.2. The monoisotopic (exact) mass is 174 g/mol. The Hall–Kier alpha value is -0.700. The van der Waals surface area contributed by atoms with Crippen LogP contribution in [0.1, 0.15) is 20.8 Å². The van der Waals surface area contributed by atoms with Gasteiger partial charge in [-0.3, -0.25) is 0 Å². The summed E-state index contributed by atoms with van der Waals surface area (Å²) in [6.45, 7) is 7.66. The summed E-state index contributed by atoms with van der Waals surface area (Å²) in [5.74, 6) is 0.213. The molecular formula is C8H14O4. The van der Waals surface area contributed by atoms with Crippen LogP contribution in [-0.2, 0) is 19.1 Å². The van der Waals surface area contributed by atoms with Crippen molar-refractivity contribution in [2.45, 2.75) is 26.6 Å². The lowest BCUT2D eigenvalue weighted by Gasteiger charge is -2.33. The van der Waals surface area contributed by atoms with E-state index in [-0.39, 0.29) is 11.9 Å². The summed E-state index contributed by atoms with van der Waals surface area (Å²) in [5, 5.41) is 0. The molecule has 12 heavy (non-hydrogen) atoms. The maximum absolute atomic E-state index is 8.12. The third-order valence-electron chi connectivity index (χ3n) is 1.43. The summed E-state index contributed by atoms with van der Waals surface area (Å²) in [7, 11) is 0. The minimum Gasteiger partial charge on any atom is -0.350 e. The van der Waals surface area contributed by atoms with E-state index in [9.17, 15) is 0 Å². The zero-order valence-corrected chi connectivity index (χ0v) is 7.62. The molecule has 70 valence electrons. The Morgan fingerprint density at radius 1 is 1.25 bits per heavy atom. The van der Waals surface area contributed by atoms with E-state index >= 15 is 0 Å². The Morgan fingerprint density at radius 2 is 1.58 bits per heavy atom. The molecule has 1 saturated heterocycles. The average Bonchev–Trinajstić information content (AvgIpc) is 1.98. The van der Waals surface area contributed by atoms with Crippen LogP contribution in [0.5, 0.6) is 0 Å². The lowest BCUT2D eigenvalue weighted by atomic mass is 10.2. The highest BCUT2D eigenvalue weighted by atomic mass is 16.7. The standard InChI is InChI=1S/C7H14O2.CO2/c1-6-4-8-7(2,3)9-5-6;2-1-3/h6H,4-5H2,1-3H3;. The van der Waals surface area contributed by atoms with E-state index in [1.165, 1.54) is 0 Å². The summed E-state index contributed by atoms with van der Waals surface area (Å²) in [5.41, 5.74) is 0. The molecule has 1 fully saturated rings. The minimum absolute atomic E-state index is 0.250. The fourth-order valence-corrected chi connectivity index (χ4v) is 0.776. The molecule has 0 aliphatic carbocycles. The van der Waals surface area contributed by atoms with Crippen molar-refractivity contribution in [2.24, 2.45) is 5.92 Å².